The first-order chi connectivity index (χ1) is 18.1. The molecular formula is C29H29N3O5S. The van der Waals surface area contributed by atoms with E-state index in [-0.39, 0.29) is 18.8 Å². The summed E-state index contributed by atoms with van der Waals surface area (Å²) in [6, 6.07) is 18.7. The van der Waals surface area contributed by atoms with Gasteiger partial charge in [0.25, 0.3) is 10.2 Å². The molecule has 0 saturated carbocycles. The molecule has 0 aliphatic carbocycles. The van der Waals surface area contributed by atoms with Crippen LogP contribution in [-0.2, 0) is 15.0 Å². The Kier molecular flexibility index (Phi) is 8.17. The number of hydrogen-bond donors (Lipinski definition) is 3. The summed E-state index contributed by atoms with van der Waals surface area (Å²) in [5.74, 6) is 5.20. The second-order valence-electron chi connectivity index (χ2n) is 9.01. The summed E-state index contributed by atoms with van der Waals surface area (Å²) in [4.78, 5) is 13.1. The lowest BCUT2D eigenvalue weighted by molar-refractivity contribution is -0.138. The molecule has 0 unspecified atom stereocenters. The van der Waals surface area contributed by atoms with E-state index in [2.05, 4.69) is 28.0 Å². The Bertz CT molecular complexity index is 1540. The predicted octanol–water partition coefficient (Wildman–Crippen LogP) is 3.75. The number of nitrogens with zero attached hydrogens (tertiary/aromatic N) is 2. The van der Waals surface area contributed by atoms with Gasteiger partial charge in [-0.25, -0.2) is 0 Å². The van der Waals surface area contributed by atoms with Gasteiger partial charge in [0.2, 0.25) is 0 Å². The zero-order chi connectivity index (χ0) is 27.3. The molecule has 1 fully saturated rings. The van der Waals surface area contributed by atoms with E-state index in [9.17, 15) is 18.3 Å². The van der Waals surface area contributed by atoms with E-state index in [1.165, 1.54) is 11.2 Å². The van der Waals surface area contributed by atoms with Crippen molar-refractivity contribution in [3.05, 3.63) is 95.8 Å². The lowest BCUT2D eigenvalue weighted by Crippen LogP contribution is -2.54. The normalized spacial score (nSPS) is 15.2. The second-order valence-corrected chi connectivity index (χ2v) is 10.7. The highest BCUT2D eigenvalue weighted by Gasteiger charge is 2.29. The molecule has 0 radical (unpaired) electrons. The van der Waals surface area contributed by atoms with Gasteiger partial charge in [-0.2, -0.15) is 17.4 Å². The number of nitrogens with one attached hydrogen (secondary N) is 1. The van der Waals surface area contributed by atoms with Crippen LogP contribution in [0.15, 0.2) is 79.1 Å². The Morgan fingerprint density at radius 2 is 1.55 bits per heavy atom. The fourth-order valence-corrected chi connectivity index (χ4v) is 5.41. The van der Waals surface area contributed by atoms with Gasteiger partial charge in [0.1, 0.15) is 11.8 Å². The number of allylic oxidation sites excluding steroid dienone is 1. The van der Waals surface area contributed by atoms with Crippen molar-refractivity contribution in [2.45, 2.75) is 13.0 Å². The molecular weight excluding hydrogens is 502 g/mol. The Balaban J connectivity index is 1.37. The number of aliphatic carboxylic acids is 1. The third kappa shape index (κ3) is 6.81. The Hall–Kier alpha value is -4.10. The van der Waals surface area contributed by atoms with E-state index in [0.717, 1.165) is 33.2 Å². The number of carboxylic acid groups (broad SMARTS) is 1. The first-order valence-electron chi connectivity index (χ1n) is 12.1. The van der Waals surface area contributed by atoms with Crippen LogP contribution in [0, 0.1) is 11.8 Å². The van der Waals surface area contributed by atoms with Crippen LogP contribution in [0.5, 0.6) is 0 Å². The number of piperazine rings is 1. The number of benzene rings is 3. The molecule has 3 N–H and O–H groups in total. The number of rotatable bonds is 7. The molecule has 9 heteroatoms. The number of aliphatic hydroxyl groups excluding tert-OH is 1. The average molecular weight is 532 g/mol. The highest BCUT2D eigenvalue weighted by molar-refractivity contribution is 7.87. The number of carbonyl (C=O) groups is 1. The highest BCUT2D eigenvalue weighted by Crippen LogP contribution is 2.20. The lowest BCUT2D eigenvalue weighted by atomic mass is 10.0. The maximum Gasteiger partial charge on any atom is 0.321 e. The third-order valence-electron chi connectivity index (χ3n) is 6.19. The standard InChI is InChI=1S/C29H29N3O5S/c1-21(33)3-4-24-7-11-27-20-25(8-12-26(27)19-24)6-5-23-9-13-28(14-10-23)31-15-17-32(18-16-31)38(36,37)30-22(2)29(34)35/h3-4,7-14,19-20,22,30,33H,1,15-18H2,2H3,(H,34,35)/t22-/m1/s1. The van der Waals surface area contributed by atoms with Gasteiger partial charge in [-0.1, -0.05) is 42.7 Å². The fourth-order valence-electron chi connectivity index (χ4n) is 4.07. The minimum absolute atomic E-state index is 0.0129. The van der Waals surface area contributed by atoms with Crippen molar-refractivity contribution in [1.82, 2.24) is 9.03 Å². The predicted molar refractivity (Wildman–Crippen MR) is 150 cm³/mol. The molecule has 0 amide bonds. The highest BCUT2D eigenvalue weighted by atomic mass is 32.2. The van der Waals surface area contributed by atoms with E-state index in [1.807, 2.05) is 60.7 Å². The number of hydrogen-bond acceptors (Lipinski definition) is 5. The Labute approximate surface area is 222 Å². The van der Waals surface area contributed by atoms with Gasteiger partial charge >= 0.3 is 5.97 Å². The molecule has 0 spiro atoms. The molecule has 1 aliphatic rings. The molecule has 1 atom stereocenters. The minimum atomic E-state index is -3.85. The quantitative estimate of drug-likeness (QED) is 0.243. The Morgan fingerprint density at radius 1 is 0.947 bits per heavy atom. The van der Waals surface area contributed by atoms with Gasteiger partial charge in [0, 0.05) is 43.0 Å². The number of fused-ring (bicyclic) bond motifs is 1. The largest absolute Gasteiger partial charge is 0.509 e. The first kappa shape index (κ1) is 26.9. The molecule has 8 nitrogen and oxygen atoms in total. The van der Waals surface area contributed by atoms with Crippen LogP contribution in [0.1, 0.15) is 23.6 Å². The molecule has 196 valence electrons. The van der Waals surface area contributed by atoms with E-state index >= 15 is 0 Å². The van der Waals surface area contributed by atoms with Crippen molar-refractivity contribution in [1.29, 1.82) is 0 Å². The monoisotopic (exact) mass is 531 g/mol. The van der Waals surface area contributed by atoms with Crippen molar-refractivity contribution in [2.75, 3.05) is 31.1 Å². The van der Waals surface area contributed by atoms with Crippen LogP contribution < -0.4 is 9.62 Å². The SMILES string of the molecule is C=C(O)C=Cc1ccc2cc(C#Cc3ccc(N4CCN(S(=O)(=O)N[C@H](C)C(=O)O)CC4)cc3)ccc2c1. The number of carboxylic acids is 1. The Morgan fingerprint density at radius 3 is 2.21 bits per heavy atom. The van der Waals surface area contributed by atoms with Crippen molar-refractivity contribution in [3.8, 4) is 11.8 Å². The zero-order valence-electron chi connectivity index (χ0n) is 21.0. The molecule has 1 saturated heterocycles. The molecule has 38 heavy (non-hydrogen) atoms. The van der Waals surface area contributed by atoms with Crippen LogP contribution in [0.2, 0.25) is 0 Å². The van der Waals surface area contributed by atoms with Gasteiger partial charge in [-0.15, -0.1) is 0 Å². The molecule has 0 aromatic heterocycles. The minimum Gasteiger partial charge on any atom is -0.509 e. The van der Waals surface area contributed by atoms with Crippen molar-refractivity contribution in [3.63, 3.8) is 0 Å². The van der Waals surface area contributed by atoms with Crippen LogP contribution in [0.3, 0.4) is 0 Å². The summed E-state index contributed by atoms with van der Waals surface area (Å²) in [7, 11) is -3.85. The van der Waals surface area contributed by atoms with E-state index in [4.69, 9.17) is 5.11 Å². The molecule has 1 aliphatic heterocycles. The van der Waals surface area contributed by atoms with E-state index in [1.54, 1.807) is 12.2 Å². The summed E-state index contributed by atoms with van der Waals surface area (Å²) in [5.41, 5.74) is 3.71. The maximum atomic E-state index is 12.4. The molecule has 1 heterocycles. The zero-order valence-corrected chi connectivity index (χ0v) is 21.8. The topological polar surface area (TPSA) is 110 Å². The number of anilines is 1. The summed E-state index contributed by atoms with van der Waals surface area (Å²) in [6.45, 7) is 6.27. The summed E-state index contributed by atoms with van der Waals surface area (Å²) >= 11 is 0. The van der Waals surface area contributed by atoms with Gasteiger partial charge in [-0.05, 0) is 71.8 Å². The van der Waals surface area contributed by atoms with Crippen molar-refractivity contribution < 1.29 is 23.4 Å². The van der Waals surface area contributed by atoms with Crippen LogP contribution >= 0.6 is 0 Å². The van der Waals surface area contributed by atoms with Gasteiger partial charge < -0.3 is 15.1 Å². The first-order valence-corrected chi connectivity index (χ1v) is 13.5. The summed E-state index contributed by atoms with van der Waals surface area (Å²) < 4.78 is 28.3. The van der Waals surface area contributed by atoms with Gasteiger partial charge in [-0.3, -0.25) is 4.79 Å². The lowest BCUT2D eigenvalue weighted by Gasteiger charge is -2.35. The van der Waals surface area contributed by atoms with Crippen LogP contribution in [0.25, 0.3) is 16.8 Å². The smallest absolute Gasteiger partial charge is 0.321 e. The summed E-state index contributed by atoms with van der Waals surface area (Å²) in [6.07, 6.45) is 3.36. The maximum absolute atomic E-state index is 12.4. The van der Waals surface area contributed by atoms with E-state index < -0.39 is 22.2 Å². The van der Waals surface area contributed by atoms with Gasteiger partial charge in [0.05, 0.1) is 0 Å². The fraction of sp³-hybridized carbons (Fsp3) is 0.207. The number of aliphatic hydroxyl groups is 1. The van der Waals surface area contributed by atoms with E-state index in [0.29, 0.717) is 13.1 Å². The summed E-state index contributed by atoms with van der Waals surface area (Å²) in [5, 5.41) is 20.3. The third-order valence-corrected chi connectivity index (χ3v) is 7.89. The average Bonchev–Trinajstić information content (AvgIpc) is 2.90. The van der Waals surface area contributed by atoms with Crippen LogP contribution in [0.4, 0.5) is 5.69 Å². The van der Waals surface area contributed by atoms with Crippen LogP contribution in [-0.4, -0.2) is 61.1 Å². The molecule has 3 aromatic rings. The second kappa shape index (κ2) is 11.5. The van der Waals surface area contributed by atoms with Gasteiger partial charge in [0.15, 0.2) is 0 Å². The van der Waals surface area contributed by atoms with Crippen molar-refractivity contribution >= 4 is 38.7 Å². The molecule has 3 aromatic carbocycles. The van der Waals surface area contributed by atoms with Crippen molar-refractivity contribution in [2.24, 2.45) is 0 Å². The molecule has 4 rings (SSSR count). The molecule has 0 bridgehead atoms.